The second-order valence-electron chi connectivity index (χ2n) is 5.12. The van der Waals surface area contributed by atoms with Crippen LogP contribution in [-0.2, 0) is 9.47 Å². The fourth-order valence-corrected chi connectivity index (χ4v) is 2.18. The number of benzene rings is 1. The summed E-state index contributed by atoms with van der Waals surface area (Å²) in [6, 6.07) is 8.05. The molecule has 0 aromatic heterocycles. The number of ether oxygens (including phenoxy) is 2. The van der Waals surface area contributed by atoms with Crippen molar-refractivity contribution in [1.82, 2.24) is 4.90 Å². The molecule has 2 unspecified atom stereocenters. The van der Waals surface area contributed by atoms with Crippen molar-refractivity contribution in [2.24, 2.45) is 0 Å². The summed E-state index contributed by atoms with van der Waals surface area (Å²) in [5, 5.41) is 10.5. The summed E-state index contributed by atoms with van der Waals surface area (Å²) < 4.78 is 10.3. The molecule has 114 valence electrons. The number of methoxy groups -OCH3 is 2. The predicted molar refractivity (Wildman–Crippen MR) is 80.9 cm³/mol. The maximum atomic E-state index is 10.5. The fraction of sp³-hybridized carbons (Fsp3) is 0.625. The van der Waals surface area contributed by atoms with Gasteiger partial charge >= 0.3 is 0 Å². The highest BCUT2D eigenvalue weighted by Gasteiger charge is 2.22. The van der Waals surface area contributed by atoms with E-state index in [2.05, 4.69) is 4.90 Å². The zero-order chi connectivity index (χ0) is 15.0. The van der Waals surface area contributed by atoms with E-state index >= 15 is 0 Å². The molecule has 0 fully saturated rings. The monoisotopic (exact) mass is 281 g/mol. The van der Waals surface area contributed by atoms with Gasteiger partial charge < -0.3 is 14.6 Å². The van der Waals surface area contributed by atoms with Crippen LogP contribution in [-0.4, -0.2) is 56.6 Å². The van der Waals surface area contributed by atoms with Crippen LogP contribution in [0.15, 0.2) is 24.3 Å². The lowest BCUT2D eigenvalue weighted by atomic mass is 10.0. The zero-order valence-corrected chi connectivity index (χ0v) is 13.0. The molecule has 1 N–H and O–H groups in total. The number of nitrogens with zero attached hydrogens (tertiary/aromatic N) is 1. The van der Waals surface area contributed by atoms with Crippen LogP contribution < -0.4 is 0 Å². The van der Waals surface area contributed by atoms with E-state index in [-0.39, 0.29) is 6.04 Å². The minimum Gasteiger partial charge on any atom is -0.387 e. The van der Waals surface area contributed by atoms with E-state index in [1.165, 1.54) is 5.56 Å². The highest BCUT2D eigenvalue weighted by molar-refractivity contribution is 5.24. The Balaban J connectivity index is 2.70. The van der Waals surface area contributed by atoms with Crippen LogP contribution in [0.2, 0.25) is 0 Å². The highest BCUT2D eigenvalue weighted by Crippen LogP contribution is 2.21. The number of hydrogen-bond donors (Lipinski definition) is 1. The number of aliphatic hydroxyl groups is 1. The first-order valence-electron chi connectivity index (χ1n) is 7.06. The largest absolute Gasteiger partial charge is 0.387 e. The van der Waals surface area contributed by atoms with Gasteiger partial charge in [-0.1, -0.05) is 29.8 Å². The van der Waals surface area contributed by atoms with E-state index in [1.807, 2.05) is 38.1 Å². The SMILES string of the molecule is COCCN(CCOC)C(C)C(O)c1ccc(C)cc1. The Morgan fingerprint density at radius 2 is 1.55 bits per heavy atom. The molecule has 0 heterocycles. The lowest BCUT2D eigenvalue weighted by Gasteiger charge is -2.32. The molecule has 0 aliphatic carbocycles. The molecule has 0 bridgehead atoms. The van der Waals surface area contributed by atoms with Crippen molar-refractivity contribution >= 4 is 0 Å². The summed E-state index contributed by atoms with van der Waals surface area (Å²) in [5.41, 5.74) is 2.15. The van der Waals surface area contributed by atoms with Gasteiger partial charge in [0.1, 0.15) is 0 Å². The zero-order valence-electron chi connectivity index (χ0n) is 13.0. The summed E-state index contributed by atoms with van der Waals surface area (Å²) >= 11 is 0. The van der Waals surface area contributed by atoms with Crippen LogP contribution in [0, 0.1) is 6.92 Å². The lowest BCUT2D eigenvalue weighted by Crippen LogP contribution is -2.41. The molecule has 4 nitrogen and oxygen atoms in total. The first kappa shape index (κ1) is 17.1. The van der Waals surface area contributed by atoms with Crippen molar-refractivity contribution in [2.75, 3.05) is 40.5 Å². The van der Waals surface area contributed by atoms with Crippen molar-refractivity contribution < 1.29 is 14.6 Å². The second-order valence-corrected chi connectivity index (χ2v) is 5.12. The molecule has 2 atom stereocenters. The van der Waals surface area contributed by atoms with Gasteiger partial charge in [-0.2, -0.15) is 0 Å². The standard InChI is InChI=1S/C16H27NO3/c1-13-5-7-15(8-6-13)16(18)14(2)17(9-11-19-3)10-12-20-4/h5-8,14,16,18H,9-12H2,1-4H3. The predicted octanol–water partition coefficient (Wildman–Crippen LogP) is 2.01. The molecule has 0 spiro atoms. The smallest absolute Gasteiger partial charge is 0.0942 e. The minimum absolute atomic E-state index is 0.0167. The second kappa shape index (κ2) is 9.08. The average molecular weight is 281 g/mol. The van der Waals surface area contributed by atoms with Crippen molar-refractivity contribution in [2.45, 2.75) is 26.0 Å². The Morgan fingerprint density at radius 3 is 2.00 bits per heavy atom. The molecule has 0 aliphatic heterocycles. The highest BCUT2D eigenvalue weighted by atomic mass is 16.5. The van der Waals surface area contributed by atoms with Crippen molar-refractivity contribution in [1.29, 1.82) is 0 Å². The Bertz CT molecular complexity index is 358. The molecule has 4 heteroatoms. The van der Waals surface area contributed by atoms with Gasteiger partial charge in [0.05, 0.1) is 19.3 Å². The van der Waals surface area contributed by atoms with Gasteiger partial charge in [-0.25, -0.2) is 0 Å². The van der Waals surface area contributed by atoms with Crippen LogP contribution in [0.3, 0.4) is 0 Å². The number of aliphatic hydroxyl groups excluding tert-OH is 1. The third-order valence-electron chi connectivity index (χ3n) is 3.62. The summed E-state index contributed by atoms with van der Waals surface area (Å²) in [4.78, 5) is 2.19. The Morgan fingerprint density at radius 1 is 1.05 bits per heavy atom. The summed E-state index contributed by atoms with van der Waals surface area (Å²) in [7, 11) is 3.38. The van der Waals surface area contributed by atoms with Crippen LogP contribution in [0.25, 0.3) is 0 Å². The normalized spacial score (nSPS) is 14.5. The molecule has 0 radical (unpaired) electrons. The average Bonchev–Trinajstić information content (AvgIpc) is 2.47. The third-order valence-corrected chi connectivity index (χ3v) is 3.62. The Hall–Kier alpha value is -0.940. The van der Waals surface area contributed by atoms with E-state index < -0.39 is 6.10 Å². The van der Waals surface area contributed by atoms with Crippen LogP contribution in [0.1, 0.15) is 24.2 Å². The summed E-state index contributed by atoms with van der Waals surface area (Å²) in [6.07, 6.45) is -0.510. The number of rotatable bonds is 9. The van der Waals surface area contributed by atoms with Crippen molar-refractivity contribution in [3.05, 3.63) is 35.4 Å². The van der Waals surface area contributed by atoms with Crippen molar-refractivity contribution in [3.8, 4) is 0 Å². The van der Waals surface area contributed by atoms with E-state index in [1.54, 1.807) is 14.2 Å². The van der Waals surface area contributed by atoms with E-state index in [9.17, 15) is 5.11 Å². The molecule has 0 saturated carbocycles. The first-order chi connectivity index (χ1) is 9.60. The molecule has 1 aromatic rings. The van der Waals surface area contributed by atoms with Crippen molar-refractivity contribution in [3.63, 3.8) is 0 Å². The molecular formula is C16H27NO3. The molecule has 0 aliphatic rings. The van der Waals surface area contributed by atoms with Crippen LogP contribution in [0.5, 0.6) is 0 Å². The van der Waals surface area contributed by atoms with Gasteiger partial charge in [-0.05, 0) is 19.4 Å². The topological polar surface area (TPSA) is 41.9 Å². The van der Waals surface area contributed by atoms with E-state index in [0.29, 0.717) is 13.2 Å². The lowest BCUT2D eigenvalue weighted by molar-refractivity contribution is 0.0274. The Kier molecular flexibility index (Phi) is 7.77. The van der Waals surface area contributed by atoms with E-state index in [4.69, 9.17) is 9.47 Å². The summed E-state index contributed by atoms with van der Waals surface area (Å²) in [5.74, 6) is 0. The summed E-state index contributed by atoms with van der Waals surface area (Å²) in [6.45, 7) is 6.94. The third kappa shape index (κ3) is 5.21. The molecule has 1 aromatic carbocycles. The molecular weight excluding hydrogens is 254 g/mol. The number of hydrogen-bond acceptors (Lipinski definition) is 4. The molecule has 0 amide bonds. The van der Waals surface area contributed by atoms with Gasteiger partial charge in [-0.3, -0.25) is 4.90 Å². The quantitative estimate of drug-likeness (QED) is 0.752. The van der Waals surface area contributed by atoms with Gasteiger partial charge in [0.25, 0.3) is 0 Å². The number of aryl methyl sites for hydroxylation is 1. The maximum Gasteiger partial charge on any atom is 0.0942 e. The fourth-order valence-electron chi connectivity index (χ4n) is 2.18. The van der Waals surface area contributed by atoms with E-state index in [0.717, 1.165) is 18.7 Å². The van der Waals surface area contributed by atoms with Crippen LogP contribution in [0.4, 0.5) is 0 Å². The molecule has 0 saturated heterocycles. The molecule has 20 heavy (non-hydrogen) atoms. The van der Waals surface area contributed by atoms with Crippen LogP contribution >= 0.6 is 0 Å². The first-order valence-corrected chi connectivity index (χ1v) is 7.06. The van der Waals surface area contributed by atoms with Gasteiger partial charge in [0.15, 0.2) is 0 Å². The van der Waals surface area contributed by atoms with Gasteiger partial charge in [0.2, 0.25) is 0 Å². The van der Waals surface area contributed by atoms with Gasteiger partial charge in [0, 0.05) is 33.4 Å². The minimum atomic E-state index is -0.510. The Labute approximate surface area is 122 Å². The molecule has 1 rings (SSSR count). The maximum absolute atomic E-state index is 10.5. The van der Waals surface area contributed by atoms with Gasteiger partial charge in [-0.15, -0.1) is 0 Å².